The molecule has 0 spiro atoms. The van der Waals surface area contributed by atoms with Gasteiger partial charge < -0.3 is 26.3 Å². The maximum Gasteiger partial charge on any atom is 0.328 e. The zero-order chi connectivity index (χ0) is 20.5. The van der Waals surface area contributed by atoms with E-state index >= 15 is 0 Å². The number of benzene rings is 1. The summed E-state index contributed by atoms with van der Waals surface area (Å²) in [6.07, 6.45) is 0.914. The number of carbonyl (C=O) groups is 3. The fourth-order valence-electron chi connectivity index (χ4n) is 2.76. The Morgan fingerprint density at radius 2 is 2.11 bits per heavy atom. The van der Waals surface area contributed by atoms with Crippen LogP contribution in [0.2, 0.25) is 0 Å². The second-order valence-electron chi connectivity index (χ2n) is 6.26. The minimum atomic E-state index is -1.02. The van der Waals surface area contributed by atoms with Crippen LogP contribution in [0.3, 0.4) is 0 Å². The number of Topliss-reactive ketones (excluding diaryl/α,β-unsaturated/α-hetero) is 1. The summed E-state index contributed by atoms with van der Waals surface area (Å²) in [5.74, 6) is -1.66. The molecule has 0 aliphatic rings. The summed E-state index contributed by atoms with van der Waals surface area (Å²) in [6, 6.07) is 7.70. The topological polar surface area (TPSA) is 151 Å². The van der Waals surface area contributed by atoms with Gasteiger partial charge in [-0.15, -0.1) is 0 Å². The molecule has 0 bridgehead atoms. The highest BCUT2D eigenvalue weighted by molar-refractivity contribution is 6.25. The lowest BCUT2D eigenvalue weighted by atomic mass is 10.1. The van der Waals surface area contributed by atoms with Gasteiger partial charge in [-0.2, -0.15) is 4.79 Å². The summed E-state index contributed by atoms with van der Waals surface area (Å²) in [5, 5.41) is 3.55. The molecule has 1 aromatic heterocycles. The zero-order valence-corrected chi connectivity index (χ0v) is 15.6. The average Bonchev–Trinajstić information content (AvgIpc) is 3.07. The van der Waals surface area contributed by atoms with E-state index in [9.17, 15) is 14.4 Å². The molecular formula is C19H23N5O4. The highest BCUT2D eigenvalue weighted by atomic mass is 16.5. The Hall–Kier alpha value is -3.29. The molecule has 0 aliphatic heterocycles. The fourth-order valence-corrected chi connectivity index (χ4v) is 2.76. The van der Waals surface area contributed by atoms with Crippen LogP contribution in [-0.2, 0) is 25.5 Å². The molecule has 1 heterocycles. The average molecular weight is 385 g/mol. The number of ketones is 1. The van der Waals surface area contributed by atoms with Gasteiger partial charge >= 0.3 is 12.2 Å². The number of rotatable bonds is 10. The van der Waals surface area contributed by atoms with Crippen LogP contribution >= 0.6 is 0 Å². The number of aromatic nitrogens is 1. The van der Waals surface area contributed by atoms with E-state index in [-0.39, 0.29) is 25.9 Å². The van der Waals surface area contributed by atoms with Crippen molar-refractivity contribution in [2.24, 2.45) is 5.73 Å². The van der Waals surface area contributed by atoms with E-state index in [1.54, 1.807) is 6.92 Å². The molecule has 0 fully saturated rings. The van der Waals surface area contributed by atoms with Gasteiger partial charge in [0, 0.05) is 24.1 Å². The first-order valence-electron chi connectivity index (χ1n) is 8.94. The predicted molar refractivity (Wildman–Crippen MR) is 102 cm³/mol. The summed E-state index contributed by atoms with van der Waals surface area (Å²) >= 11 is 0. The molecule has 4 N–H and O–H groups in total. The van der Waals surface area contributed by atoms with Gasteiger partial charge in [0.2, 0.25) is 11.7 Å². The first-order chi connectivity index (χ1) is 13.4. The lowest BCUT2D eigenvalue weighted by Crippen LogP contribution is -2.49. The Morgan fingerprint density at radius 3 is 2.79 bits per heavy atom. The number of aromatic amines is 1. The normalized spacial score (nSPS) is 12.6. The molecule has 9 nitrogen and oxygen atoms in total. The Labute approximate surface area is 161 Å². The molecule has 1 aromatic carbocycles. The van der Waals surface area contributed by atoms with Crippen LogP contribution in [0.1, 0.15) is 25.5 Å². The van der Waals surface area contributed by atoms with E-state index in [1.807, 2.05) is 30.3 Å². The minimum Gasteiger partial charge on any atom is -0.464 e. The van der Waals surface area contributed by atoms with Crippen molar-refractivity contribution in [3.63, 3.8) is 0 Å². The van der Waals surface area contributed by atoms with Gasteiger partial charge in [-0.05, 0) is 30.9 Å². The number of hydrogen-bond acceptors (Lipinski definition) is 5. The summed E-state index contributed by atoms with van der Waals surface area (Å²) in [4.78, 5) is 41.8. The molecule has 148 valence electrons. The second-order valence-corrected chi connectivity index (χ2v) is 6.26. The van der Waals surface area contributed by atoms with Crippen molar-refractivity contribution >= 4 is 34.8 Å². The van der Waals surface area contributed by atoms with Gasteiger partial charge in [0.05, 0.1) is 12.6 Å². The van der Waals surface area contributed by atoms with E-state index in [0.717, 1.165) is 22.8 Å². The molecular weight excluding hydrogens is 362 g/mol. The standard InChI is InChI=1S/C19H23N5O4/c1-2-28-19(27)17(8-7-14(25)11-22-21)24-18(26)15(20)10-13-9-12-5-3-4-6-16(12)23-13/h3-6,9,11,15,17,23H,2,7-8,10,20H2,1H3,(H,24,26)/t15-,17-/m0/s1. The van der Waals surface area contributed by atoms with E-state index in [2.05, 4.69) is 15.1 Å². The van der Waals surface area contributed by atoms with Crippen molar-refractivity contribution in [2.75, 3.05) is 6.61 Å². The molecule has 2 rings (SSSR count). The number of esters is 1. The molecule has 0 saturated carbocycles. The number of hydrogen-bond donors (Lipinski definition) is 3. The molecule has 1 amide bonds. The Kier molecular flexibility index (Phi) is 7.62. The second kappa shape index (κ2) is 10.1. The van der Waals surface area contributed by atoms with Gasteiger partial charge in [0.25, 0.3) is 0 Å². The summed E-state index contributed by atoms with van der Waals surface area (Å²) < 4.78 is 4.94. The smallest absolute Gasteiger partial charge is 0.328 e. The quantitative estimate of drug-likeness (QED) is 0.238. The third-order valence-corrected chi connectivity index (χ3v) is 4.13. The number of nitrogens with two attached hydrogens (primary N) is 1. The summed E-state index contributed by atoms with van der Waals surface area (Å²) in [7, 11) is 0. The first-order valence-corrected chi connectivity index (χ1v) is 8.94. The van der Waals surface area contributed by atoms with E-state index < -0.39 is 29.7 Å². The lowest BCUT2D eigenvalue weighted by molar-refractivity contribution is -0.147. The van der Waals surface area contributed by atoms with Gasteiger partial charge in [0.1, 0.15) is 6.04 Å². The van der Waals surface area contributed by atoms with Crippen LogP contribution in [0, 0.1) is 0 Å². The van der Waals surface area contributed by atoms with Gasteiger partial charge in [-0.25, -0.2) is 4.79 Å². The van der Waals surface area contributed by atoms with Crippen LogP contribution in [0.15, 0.2) is 30.3 Å². The van der Waals surface area contributed by atoms with Crippen LogP contribution in [-0.4, -0.2) is 52.3 Å². The largest absolute Gasteiger partial charge is 0.464 e. The minimum absolute atomic E-state index is 0.00847. The van der Waals surface area contributed by atoms with Gasteiger partial charge in [-0.3, -0.25) is 9.59 Å². The zero-order valence-electron chi connectivity index (χ0n) is 15.6. The maximum atomic E-state index is 12.4. The van der Waals surface area contributed by atoms with Crippen molar-refractivity contribution in [2.45, 2.75) is 38.3 Å². The van der Waals surface area contributed by atoms with E-state index in [1.165, 1.54) is 0 Å². The van der Waals surface area contributed by atoms with Crippen molar-refractivity contribution in [3.05, 3.63) is 41.6 Å². The molecule has 9 heteroatoms. The van der Waals surface area contributed by atoms with E-state index in [0.29, 0.717) is 0 Å². The Balaban J connectivity index is 2.00. The van der Waals surface area contributed by atoms with Crippen molar-refractivity contribution in [3.8, 4) is 0 Å². The van der Waals surface area contributed by atoms with Crippen LogP contribution in [0.5, 0.6) is 0 Å². The lowest BCUT2D eigenvalue weighted by Gasteiger charge is -2.19. The summed E-state index contributed by atoms with van der Waals surface area (Å²) in [5.41, 5.74) is 16.1. The number of fused-ring (bicyclic) bond motifs is 1. The third-order valence-electron chi connectivity index (χ3n) is 4.13. The molecule has 2 aromatic rings. The molecule has 28 heavy (non-hydrogen) atoms. The number of carbonyl (C=O) groups excluding carboxylic acids is 3. The first kappa shape index (κ1) is 21.0. The Bertz CT molecular complexity index is 868. The van der Waals surface area contributed by atoms with Gasteiger partial charge in [0.15, 0.2) is 0 Å². The SMILES string of the molecule is CCOC(=O)[C@H](CCC(=O)C=[N+]=[N-])NC(=O)[C@@H](N)Cc1cc2ccccc2[nH]1. The van der Waals surface area contributed by atoms with Crippen molar-refractivity contribution in [1.29, 1.82) is 0 Å². The van der Waals surface area contributed by atoms with Crippen molar-refractivity contribution in [1.82, 2.24) is 10.3 Å². The van der Waals surface area contributed by atoms with Crippen LogP contribution < -0.4 is 11.1 Å². The molecule has 0 saturated heterocycles. The van der Waals surface area contributed by atoms with Gasteiger partial charge in [-0.1, -0.05) is 18.2 Å². The number of H-pyrrole nitrogens is 1. The highest BCUT2D eigenvalue weighted by Crippen LogP contribution is 2.15. The molecule has 0 unspecified atom stereocenters. The third kappa shape index (κ3) is 5.87. The van der Waals surface area contributed by atoms with Crippen molar-refractivity contribution < 1.29 is 23.9 Å². The monoisotopic (exact) mass is 385 g/mol. The number of ether oxygens (including phenoxy) is 1. The van der Waals surface area contributed by atoms with Crippen LogP contribution in [0.4, 0.5) is 0 Å². The number of amides is 1. The molecule has 0 radical (unpaired) electrons. The predicted octanol–water partition coefficient (Wildman–Crippen LogP) is 0.736. The van der Waals surface area contributed by atoms with Crippen LogP contribution in [0.25, 0.3) is 16.4 Å². The number of nitrogens with zero attached hydrogens (tertiary/aromatic N) is 2. The summed E-state index contributed by atoms with van der Waals surface area (Å²) in [6.45, 7) is 1.78. The maximum absolute atomic E-state index is 12.4. The number of para-hydroxylation sites is 1. The number of nitrogens with one attached hydrogen (secondary N) is 2. The Morgan fingerprint density at radius 1 is 1.36 bits per heavy atom. The molecule has 0 aliphatic carbocycles. The highest BCUT2D eigenvalue weighted by Gasteiger charge is 2.26. The molecule has 2 atom stereocenters. The fraction of sp³-hybridized carbons (Fsp3) is 0.368. The van der Waals surface area contributed by atoms with E-state index in [4.69, 9.17) is 16.0 Å².